The van der Waals surface area contributed by atoms with Gasteiger partial charge in [-0.25, -0.2) is 4.79 Å². The molecule has 0 bridgehead atoms. The Balaban J connectivity index is 2.30. The molecule has 0 saturated heterocycles. The van der Waals surface area contributed by atoms with Crippen LogP contribution in [0.25, 0.3) is 0 Å². The van der Waals surface area contributed by atoms with Crippen LogP contribution in [-0.2, 0) is 11.3 Å². The lowest BCUT2D eigenvalue weighted by Gasteiger charge is -2.11. The van der Waals surface area contributed by atoms with Crippen molar-refractivity contribution in [3.8, 4) is 0 Å². The third kappa shape index (κ3) is 3.27. The number of hydrogen-bond acceptors (Lipinski definition) is 4. The average molecular weight is 284 g/mol. The molecule has 2 aromatic carbocycles. The molecule has 0 fully saturated rings. The predicted octanol–water partition coefficient (Wildman–Crippen LogP) is 2.18. The van der Waals surface area contributed by atoms with Crippen LogP contribution in [0.3, 0.4) is 0 Å². The number of carbonyl (C=O) groups is 2. The Kier molecular flexibility index (Phi) is 4.68. The number of anilines is 1. The van der Waals surface area contributed by atoms with Gasteiger partial charge in [-0.1, -0.05) is 30.3 Å². The molecule has 0 aliphatic heterocycles. The second-order valence-electron chi connectivity index (χ2n) is 4.35. The molecule has 0 aromatic heterocycles. The SMILES string of the molecule is COC(=O)c1ccccc1NC(=O)c1ccccc1CN. The standard InChI is InChI=1S/C16H16N2O3/c1-21-16(20)13-8-4-5-9-14(13)18-15(19)12-7-3-2-6-11(12)10-17/h2-9H,10,17H2,1H3,(H,18,19). The number of hydrogen-bond donors (Lipinski definition) is 2. The van der Waals surface area contributed by atoms with Gasteiger partial charge in [0.05, 0.1) is 18.4 Å². The zero-order valence-corrected chi connectivity index (χ0v) is 11.6. The van der Waals surface area contributed by atoms with E-state index in [1.54, 1.807) is 42.5 Å². The number of nitrogens with two attached hydrogens (primary N) is 1. The largest absolute Gasteiger partial charge is 0.465 e. The minimum absolute atomic E-state index is 0.266. The van der Waals surface area contributed by atoms with Gasteiger partial charge in [-0.2, -0.15) is 0 Å². The lowest BCUT2D eigenvalue weighted by Crippen LogP contribution is -2.17. The number of para-hydroxylation sites is 1. The summed E-state index contributed by atoms with van der Waals surface area (Å²) in [5.74, 6) is -0.814. The summed E-state index contributed by atoms with van der Waals surface area (Å²) in [6.45, 7) is 0.266. The molecule has 108 valence electrons. The molecule has 0 aliphatic rings. The molecule has 0 atom stereocenters. The Morgan fingerprint density at radius 3 is 2.33 bits per heavy atom. The normalized spacial score (nSPS) is 10.0. The summed E-state index contributed by atoms with van der Waals surface area (Å²) in [6, 6.07) is 13.7. The smallest absolute Gasteiger partial charge is 0.339 e. The van der Waals surface area contributed by atoms with E-state index >= 15 is 0 Å². The van der Waals surface area contributed by atoms with E-state index in [0.29, 0.717) is 16.8 Å². The number of nitrogens with one attached hydrogen (secondary N) is 1. The number of carbonyl (C=O) groups excluding carboxylic acids is 2. The predicted molar refractivity (Wildman–Crippen MR) is 80.1 cm³/mol. The average Bonchev–Trinajstić information content (AvgIpc) is 2.54. The van der Waals surface area contributed by atoms with E-state index < -0.39 is 5.97 Å². The molecule has 0 radical (unpaired) electrons. The van der Waals surface area contributed by atoms with Crippen molar-refractivity contribution in [2.45, 2.75) is 6.54 Å². The van der Waals surface area contributed by atoms with Crippen LogP contribution in [0.2, 0.25) is 0 Å². The van der Waals surface area contributed by atoms with Gasteiger partial charge in [0, 0.05) is 12.1 Å². The molecule has 0 aliphatic carbocycles. The van der Waals surface area contributed by atoms with Crippen LogP contribution in [-0.4, -0.2) is 19.0 Å². The highest BCUT2D eigenvalue weighted by atomic mass is 16.5. The van der Waals surface area contributed by atoms with Crippen molar-refractivity contribution >= 4 is 17.6 Å². The first-order valence-corrected chi connectivity index (χ1v) is 6.44. The Morgan fingerprint density at radius 1 is 1.05 bits per heavy atom. The van der Waals surface area contributed by atoms with E-state index in [0.717, 1.165) is 5.56 Å². The summed E-state index contributed by atoms with van der Waals surface area (Å²) < 4.78 is 4.70. The van der Waals surface area contributed by atoms with Crippen molar-refractivity contribution in [3.63, 3.8) is 0 Å². The zero-order valence-electron chi connectivity index (χ0n) is 11.6. The van der Waals surface area contributed by atoms with Crippen LogP contribution in [0.4, 0.5) is 5.69 Å². The molecule has 5 nitrogen and oxygen atoms in total. The quantitative estimate of drug-likeness (QED) is 0.843. The third-order valence-electron chi connectivity index (χ3n) is 3.06. The summed E-state index contributed by atoms with van der Waals surface area (Å²) in [5.41, 5.74) is 7.56. The maximum atomic E-state index is 12.3. The minimum Gasteiger partial charge on any atom is -0.465 e. The molecular formula is C16H16N2O3. The maximum Gasteiger partial charge on any atom is 0.339 e. The van der Waals surface area contributed by atoms with Crippen LogP contribution in [0, 0.1) is 0 Å². The van der Waals surface area contributed by atoms with E-state index in [1.165, 1.54) is 7.11 Å². The first-order chi connectivity index (χ1) is 10.2. The van der Waals surface area contributed by atoms with Gasteiger partial charge in [-0.05, 0) is 23.8 Å². The second-order valence-corrected chi connectivity index (χ2v) is 4.35. The summed E-state index contributed by atoms with van der Waals surface area (Å²) in [6.07, 6.45) is 0. The summed E-state index contributed by atoms with van der Waals surface area (Å²) in [4.78, 5) is 24.0. The van der Waals surface area contributed by atoms with Crippen molar-refractivity contribution in [1.29, 1.82) is 0 Å². The number of methoxy groups -OCH3 is 1. The Bertz CT molecular complexity index is 668. The van der Waals surface area contributed by atoms with Crippen LogP contribution >= 0.6 is 0 Å². The van der Waals surface area contributed by atoms with Crippen LogP contribution in [0.5, 0.6) is 0 Å². The lowest BCUT2D eigenvalue weighted by atomic mass is 10.1. The van der Waals surface area contributed by atoms with E-state index in [9.17, 15) is 9.59 Å². The summed E-state index contributed by atoms with van der Waals surface area (Å²) in [5, 5.41) is 2.72. The van der Waals surface area contributed by atoms with E-state index in [1.807, 2.05) is 6.07 Å². The molecular weight excluding hydrogens is 268 g/mol. The lowest BCUT2D eigenvalue weighted by molar-refractivity contribution is 0.0602. The van der Waals surface area contributed by atoms with Crippen LogP contribution in [0.15, 0.2) is 48.5 Å². The topological polar surface area (TPSA) is 81.4 Å². The minimum atomic E-state index is -0.502. The molecule has 5 heteroatoms. The number of benzene rings is 2. The van der Waals surface area contributed by atoms with Gasteiger partial charge < -0.3 is 15.8 Å². The molecule has 2 rings (SSSR count). The van der Waals surface area contributed by atoms with Gasteiger partial charge in [0.1, 0.15) is 0 Å². The molecule has 0 spiro atoms. The second kappa shape index (κ2) is 6.67. The fraction of sp³-hybridized carbons (Fsp3) is 0.125. The number of amides is 1. The highest BCUT2D eigenvalue weighted by molar-refractivity contribution is 6.08. The zero-order chi connectivity index (χ0) is 15.2. The summed E-state index contributed by atoms with van der Waals surface area (Å²) >= 11 is 0. The monoisotopic (exact) mass is 284 g/mol. The highest BCUT2D eigenvalue weighted by Gasteiger charge is 2.15. The number of rotatable bonds is 4. The molecule has 3 N–H and O–H groups in total. The molecule has 0 heterocycles. The first kappa shape index (κ1) is 14.7. The number of ether oxygens (including phenoxy) is 1. The van der Waals surface area contributed by atoms with Gasteiger partial charge in [-0.3, -0.25) is 4.79 Å². The van der Waals surface area contributed by atoms with Gasteiger partial charge in [0.15, 0.2) is 0 Å². The van der Waals surface area contributed by atoms with Crippen molar-refractivity contribution in [1.82, 2.24) is 0 Å². The van der Waals surface area contributed by atoms with Crippen molar-refractivity contribution < 1.29 is 14.3 Å². The third-order valence-corrected chi connectivity index (χ3v) is 3.06. The van der Waals surface area contributed by atoms with Crippen LogP contribution in [0.1, 0.15) is 26.3 Å². The van der Waals surface area contributed by atoms with Crippen molar-refractivity contribution in [3.05, 3.63) is 65.2 Å². The van der Waals surface area contributed by atoms with Gasteiger partial charge in [0.25, 0.3) is 5.91 Å². The highest BCUT2D eigenvalue weighted by Crippen LogP contribution is 2.18. The van der Waals surface area contributed by atoms with E-state index in [4.69, 9.17) is 10.5 Å². The van der Waals surface area contributed by atoms with E-state index in [2.05, 4.69) is 5.32 Å². The van der Waals surface area contributed by atoms with Gasteiger partial charge in [0.2, 0.25) is 0 Å². The number of esters is 1. The van der Waals surface area contributed by atoms with Crippen molar-refractivity contribution in [2.75, 3.05) is 12.4 Å². The fourth-order valence-corrected chi connectivity index (χ4v) is 1.99. The Morgan fingerprint density at radius 2 is 1.67 bits per heavy atom. The maximum absolute atomic E-state index is 12.3. The van der Waals surface area contributed by atoms with Crippen LogP contribution < -0.4 is 11.1 Å². The fourth-order valence-electron chi connectivity index (χ4n) is 1.99. The first-order valence-electron chi connectivity index (χ1n) is 6.44. The Labute approximate surface area is 122 Å². The van der Waals surface area contributed by atoms with Gasteiger partial charge >= 0.3 is 5.97 Å². The van der Waals surface area contributed by atoms with Crippen molar-refractivity contribution in [2.24, 2.45) is 5.73 Å². The molecule has 2 aromatic rings. The Hall–Kier alpha value is -2.66. The molecule has 21 heavy (non-hydrogen) atoms. The van der Waals surface area contributed by atoms with E-state index in [-0.39, 0.29) is 12.5 Å². The summed E-state index contributed by atoms with van der Waals surface area (Å²) in [7, 11) is 1.30. The molecule has 0 saturated carbocycles. The van der Waals surface area contributed by atoms with Gasteiger partial charge in [-0.15, -0.1) is 0 Å². The molecule has 0 unspecified atom stereocenters. The molecule has 1 amide bonds.